The Morgan fingerprint density at radius 2 is 1.89 bits per heavy atom. The summed E-state index contributed by atoms with van der Waals surface area (Å²) in [6.07, 6.45) is 1.98. The molecule has 5 heteroatoms. The van der Waals surface area contributed by atoms with E-state index in [1.165, 1.54) is 0 Å². The number of rotatable bonds is 7. The zero-order chi connectivity index (χ0) is 13.5. The molecule has 0 unspecified atom stereocenters. The van der Waals surface area contributed by atoms with Gasteiger partial charge in [0.25, 0.3) is 0 Å². The van der Waals surface area contributed by atoms with E-state index in [4.69, 9.17) is 10.5 Å². The van der Waals surface area contributed by atoms with Crippen molar-refractivity contribution in [3.8, 4) is 0 Å². The van der Waals surface area contributed by atoms with Gasteiger partial charge in [0.05, 0.1) is 11.0 Å². The Balaban J connectivity index is 1.91. The minimum absolute atomic E-state index is 0.438. The van der Waals surface area contributed by atoms with Gasteiger partial charge in [-0.2, -0.15) is 0 Å². The van der Waals surface area contributed by atoms with E-state index >= 15 is 0 Å². The van der Waals surface area contributed by atoms with Gasteiger partial charge in [-0.15, -0.1) is 0 Å². The first-order chi connectivity index (χ1) is 9.31. The maximum Gasteiger partial charge on any atom is 0.169 e. The normalized spacial score (nSPS) is 10.8. The molecular formula is C14H20N4O. The van der Waals surface area contributed by atoms with Crippen molar-refractivity contribution in [2.24, 2.45) is 0 Å². The quantitative estimate of drug-likeness (QED) is 0.748. The molecule has 0 radical (unpaired) electrons. The summed E-state index contributed by atoms with van der Waals surface area (Å²) in [5.74, 6) is 1.09. The molecule has 0 amide bonds. The Hall–Kier alpha value is -1.88. The van der Waals surface area contributed by atoms with Gasteiger partial charge in [-0.3, -0.25) is 0 Å². The number of anilines is 2. The number of benzene rings is 1. The Labute approximate surface area is 113 Å². The van der Waals surface area contributed by atoms with Crippen LogP contribution >= 0.6 is 0 Å². The van der Waals surface area contributed by atoms with Gasteiger partial charge in [0.2, 0.25) is 0 Å². The molecule has 102 valence electrons. The molecular weight excluding hydrogens is 240 g/mol. The van der Waals surface area contributed by atoms with Gasteiger partial charge in [0.1, 0.15) is 0 Å². The Bertz CT molecular complexity index is 530. The van der Waals surface area contributed by atoms with E-state index < -0.39 is 0 Å². The first kappa shape index (κ1) is 13.5. The van der Waals surface area contributed by atoms with Crippen LogP contribution in [-0.4, -0.2) is 29.7 Å². The molecule has 0 aliphatic carbocycles. The van der Waals surface area contributed by atoms with Crippen molar-refractivity contribution >= 4 is 22.7 Å². The van der Waals surface area contributed by atoms with Crippen LogP contribution in [0.15, 0.2) is 24.3 Å². The molecule has 3 N–H and O–H groups in total. The highest BCUT2D eigenvalue weighted by atomic mass is 16.5. The second kappa shape index (κ2) is 6.89. The van der Waals surface area contributed by atoms with E-state index in [-0.39, 0.29) is 0 Å². The molecule has 0 saturated heterocycles. The molecule has 1 aromatic heterocycles. The van der Waals surface area contributed by atoms with E-state index in [1.54, 1.807) is 0 Å². The summed E-state index contributed by atoms with van der Waals surface area (Å²) >= 11 is 0. The van der Waals surface area contributed by atoms with Crippen LogP contribution < -0.4 is 11.1 Å². The number of ether oxygens (including phenoxy) is 1. The average Bonchev–Trinajstić information content (AvgIpc) is 2.43. The molecule has 0 fully saturated rings. The molecule has 1 aromatic carbocycles. The lowest BCUT2D eigenvalue weighted by atomic mass is 10.3. The molecule has 0 bridgehead atoms. The van der Waals surface area contributed by atoms with Crippen molar-refractivity contribution in [2.75, 3.05) is 30.8 Å². The summed E-state index contributed by atoms with van der Waals surface area (Å²) in [5.41, 5.74) is 7.55. The molecule has 0 aliphatic rings. The predicted octanol–water partition coefficient (Wildman–Crippen LogP) is 2.44. The first-order valence-corrected chi connectivity index (χ1v) is 6.65. The summed E-state index contributed by atoms with van der Waals surface area (Å²) < 4.78 is 5.41. The molecule has 0 atom stereocenters. The fraction of sp³-hybridized carbons (Fsp3) is 0.429. The second-order valence-corrected chi connectivity index (χ2v) is 4.34. The molecule has 19 heavy (non-hydrogen) atoms. The maximum absolute atomic E-state index is 5.88. The number of fused-ring (bicyclic) bond motifs is 1. The molecule has 0 saturated carbocycles. The average molecular weight is 260 g/mol. The van der Waals surface area contributed by atoms with Gasteiger partial charge >= 0.3 is 0 Å². The van der Waals surface area contributed by atoms with E-state index in [2.05, 4.69) is 22.2 Å². The van der Waals surface area contributed by atoms with E-state index in [9.17, 15) is 0 Å². The zero-order valence-corrected chi connectivity index (χ0v) is 11.2. The SMILES string of the molecule is CCCOCCCNc1nc2ccccc2nc1N. The van der Waals surface area contributed by atoms with Crippen LogP contribution in [0.2, 0.25) is 0 Å². The third kappa shape index (κ3) is 3.79. The summed E-state index contributed by atoms with van der Waals surface area (Å²) in [7, 11) is 0. The fourth-order valence-electron chi connectivity index (χ4n) is 1.77. The Morgan fingerprint density at radius 1 is 1.16 bits per heavy atom. The van der Waals surface area contributed by atoms with Crippen molar-refractivity contribution in [2.45, 2.75) is 19.8 Å². The highest BCUT2D eigenvalue weighted by Crippen LogP contribution is 2.17. The smallest absolute Gasteiger partial charge is 0.169 e. The van der Waals surface area contributed by atoms with Crippen LogP contribution in [0.4, 0.5) is 11.6 Å². The van der Waals surface area contributed by atoms with Crippen molar-refractivity contribution in [1.82, 2.24) is 9.97 Å². The van der Waals surface area contributed by atoms with Gasteiger partial charge in [-0.25, -0.2) is 9.97 Å². The predicted molar refractivity (Wildman–Crippen MR) is 78.2 cm³/mol. The number of nitrogens with zero attached hydrogens (tertiary/aromatic N) is 2. The Morgan fingerprint density at radius 3 is 2.63 bits per heavy atom. The third-order valence-corrected chi connectivity index (χ3v) is 2.70. The molecule has 2 rings (SSSR count). The molecule has 0 spiro atoms. The van der Waals surface area contributed by atoms with Gasteiger partial charge < -0.3 is 15.8 Å². The summed E-state index contributed by atoms with van der Waals surface area (Å²) in [4.78, 5) is 8.79. The van der Waals surface area contributed by atoms with Crippen LogP contribution in [-0.2, 0) is 4.74 Å². The van der Waals surface area contributed by atoms with Crippen molar-refractivity contribution < 1.29 is 4.74 Å². The van der Waals surface area contributed by atoms with Crippen LogP contribution in [0.25, 0.3) is 11.0 Å². The summed E-state index contributed by atoms with van der Waals surface area (Å²) in [5, 5.41) is 3.20. The van der Waals surface area contributed by atoms with Crippen molar-refractivity contribution in [3.05, 3.63) is 24.3 Å². The Kier molecular flexibility index (Phi) is 4.92. The van der Waals surface area contributed by atoms with Gasteiger partial charge in [0, 0.05) is 19.8 Å². The van der Waals surface area contributed by atoms with Gasteiger partial charge in [-0.1, -0.05) is 19.1 Å². The zero-order valence-electron chi connectivity index (χ0n) is 11.2. The lowest BCUT2D eigenvalue weighted by Crippen LogP contribution is -2.10. The molecule has 5 nitrogen and oxygen atoms in total. The maximum atomic E-state index is 5.88. The van der Waals surface area contributed by atoms with Crippen LogP contribution in [0.3, 0.4) is 0 Å². The van der Waals surface area contributed by atoms with Crippen molar-refractivity contribution in [3.63, 3.8) is 0 Å². The number of nitrogen functional groups attached to an aromatic ring is 1. The molecule has 2 aromatic rings. The van der Waals surface area contributed by atoms with E-state index in [0.717, 1.165) is 43.6 Å². The second-order valence-electron chi connectivity index (χ2n) is 4.34. The summed E-state index contributed by atoms with van der Waals surface area (Å²) in [6, 6.07) is 7.70. The standard InChI is InChI=1S/C14H20N4O/c1-2-9-19-10-5-8-16-14-13(15)17-11-6-3-4-7-12(11)18-14/h3-4,6-7H,2,5,8-10H2,1H3,(H2,15,17)(H,16,18). The van der Waals surface area contributed by atoms with Crippen LogP contribution in [0, 0.1) is 0 Å². The highest BCUT2D eigenvalue weighted by Gasteiger charge is 2.04. The lowest BCUT2D eigenvalue weighted by Gasteiger charge is -2.09. The largest absolute Gasteiger partial charge is 0.381 e. The lowest BCUT2D eigenvalue weighted by molar-refractivity contribution is 0.134. The van der Waals surface area contributed by atoms with Gasteiger partial charge in [-0.05, 0) is 25.0 Å². The molecule has 1 heterocycles. The van der Waals surface area contributed by atoms with Gasteiger partial charge in [0.15, 0.2) is 11.6 Å². The molecule has 0 aliphatic heterocycles. The van der Waals surface area contributed by atoms with E-state index in [1.807, 2.05) is 24.3 Å². The van der Waals surface area contributed by atoms with E-state index in [0.29, 0.717) is 11.6 Å². The first-order valence-electron chi connectivity index (χ1n) is 6.65. The van der Waals surface area contributed by atoms with Crippen molar-refractivity contribution in [1.29, 1.82) is 0 Å². The monoisotopic (exact) mass is 260 g/mol. The fourth-order valence-corrected chi connectivity index (χ4v) is 1.77. The number of hydrogen-bond acceptors (Lipinski definition) is 5. The van der Waals surface area contributed by atoms with Crippen LogP contribution in [0.1, 0.15) is 19.8 Å². The summed E-state index contributed by atoms with van der Waals surface area (Å²) in [6.45, 7) is 4.45. The minimum Gasteiger partial charge on any atom is -0.381 e. The number of nitrogens with two attached hydrogens (primary N) is 1. The number of aromatic nitrogens is 2. The third-order valence-electron chi connectivity index (χ3n) is 2.70. The number of para-hydroxylation sites is 2. The number of nitrogens with one attached hydrogen (secondary N) is 1. The minimum atomic E-state index is 0.438. The van der Waals surface area contributed by atoms with Crippen LogP contribution in [0.5, 0.6) is 0 Å². The highest BCUT2D eigenvalue weighted by molar-refractivity contribution is 5.79. The number of hydrogen-bond donors (Lipinski definition) is 2. The topological polar surface area (TPSA) is 73.1 Å².